The lowest BCUT2D eigenvalue weighted by atomic mass is 10.1. The molecule has 1 aliphatic heterocycles. The Balaban J connectivity index is 2.28. The molecule has 1 aromatic carbocycles. The van der Waals surface area contributed by atoms with Gasteiger partial charge in [0.2, 0.25) is 0 Å². The number of piperidine rings is 1. The molecule has 18 heavy (non-hydrogen) atoms. The molecule has 1 aromatic rings. The van der Waals surface area contributed by atoms with E-state index in [1.807, 2.05) is 0 Å². The van der Waals surface area contributed by atoms with E-state index in [0.717, 1.165) is 25.0 Å². The molecule has 2 rings (SSSR count). The van der Waals surface area contributed by atoms with Crippen LogP contribution in [0.1, 0.15) is 23.2 Å². The smallest absolute Gasteiger partial charge is 0.259 e. The Bertz CT molecular complexity index is 458. The molecule has 1 aliphatic rings. The second-order valence-corrected chi connectivity index (χ2v) is 6.45. The largest absolute Gasteiger partial charge is 0.337 e. The van der Waals surface area contributed by atoms with E-state index in [1.165, 1.54) is 4.90 Å². The second-order valence-electron chi connectivity index (χ2n) is 4.24. The number of carbonyl (C=O) groups excluding carboxylic acids is 1. The highest BCUT2D eigenvalue weighted by Gasteiger charge is 2.27. The molecule has 2 nitrogen and oxygen atoms in total. The summed E-state index contributed by atoms with van der Waals surface area (Å²) in [4.78, 5) is 13.8. The first-order chi connectivity index (χ1) is 8.49. The maximum atomic E-state index is 13.7. The predicted molar refractivity (Wildman–Crippen MR) is 71.9 cm³/mol. The minimum absolute atomic E-state index is 0.191. The molecule has 0 N–H and O–H groups in total. The Hall–Kier alpha value is -0.490. The first-order valence-electron chi connectivity index (χ1n) is 5.57. The van der Waals surface area contributed by atoms with Crippen LogP contribution in [-0.2, 0) is 0 Å². The number of amides is 1. The van der Waals surface area contributed by atoms with E-state index in [-0.39, 0.29) is 9.30 Å². The number of benzene rings is 1. The van der Waals surface area contributed by atoms with Crippen molar-refractivity contribution in [2.75, 3.05) is 13.1 Å². The van der Waals surface area contributed by atoms with Gasteiger partial charge in [-0.1, -0.05) is 31.9 Å². The van der Waals surface area contributed by atoms with Crippen LogP contribution in [0, 0.1) is 11.6 Å². The number of halogens is 4. The van der Waals surface area contributed by atoms with Crippen molar-refractivity contribution < 1.29 is 13.6 Å². The molecule has 6 heteroatoms. The van der Waals surface area contributed by atoms with Crippen LogP contribution in [0.2, 0.25) is 0 Å². The van der Waals surface area contributed by atoms with Crippen molar-refractivity contribution in [2.24, 2.45) is 0 Å². The summed E-state index contributed by atoms with van der Waals surface area (Å²) in [5, 5.41) is 0. The van der Waals surface area contributed by atoms with E-state index in [9.17, 15) is 13.6 Å². The van der Waals surface area contributed by atoms with Crippen molar-refractivity contribution in [3.63, 3.8) is 0 Å². The molecule has 98 valence electrons. The van der Waals surface area contributed by atoms with E-state index in [1.54, 1.807) is 0 Å². The number of carbonyl (C=O) groups is 1. The van der Waals surface area contributed by atoms with Gasteiger partial charge >= 0.3 is 0 Å². The summed E-state index contributed by atoms with van der Waals surface area (Å²) < 4.78 is 27.7. The number of rotatable bonds is 1. The summed E-state index contributed by atoms with van der Waals surface area (Å²) in [6.07, 6.45) is 1.80. The van der Waals surface area contributed by atoms with Crippen LogP contribution in [0.4, 0.5) is 8.78 Å². The molecule has 1 atom stereocenters. The Morgan fingerprint density at radius 3 is 2.50 bits per heavy atom. The molecule has 1 unspecified atom stereocenters. The SMILES string of the molecule is O=C(c1c(F)cc(Br)cc1F)N1CCCC(Br)C1. The fourth-order valence-electron chi connectivity index (χ4n) is 2.01. The third kappa shape index (κ3) is 2.91. The number of alkyl halides is 1. The molecule has 0 saturated carbocycles. The van der Waals surface area contributed by atoms with E-state index in [4.69, 9.17) is 0 Å². The van der Waals surface area contributed by atoms with Crippen molar-refractivity contribution in [2.45, 2.75) is 17.7 Å². The zero-order chi connectivity index (χ0) is 13.3. The molecule has 1 saturated heterocycles. The predicted octanol–water partition coefficient (Wildman–Crippen LogP) is 3.73. The normalized spacial score (nSPS) is 20.0. The Morgan fingerprint density at radius 1 is 1.33 bits per heavy atom. The van der Waals surface area contributed by atoms with E-state index >= 15 is 0 Å². The van der Waals surface area contributed by atoms with Gasteiger partial charge in [-0.05, 0) is 25.0 Å². The summed E-state index contributed by atoms with van der Waals surface area (Å²) in [6, 6.07) is 2.21. The van der Waals surface area contributed by atoms with Crippen LogP contribution < -0.4 is 0 Å². The van der Waals surface area contributed by atoms with Gasteiger partial charge in [0.05, 0.1) is 0 Å². The van der Waals surface area contributed by atoms with Gasteiger partial charge in [-0.3, -0.25) is 4.79 Å². The van der Waals surface area contributed by atoms with Gasteiger partial charge in [-0.15, -0.1) is 0 Å². The monoisotopic (exact) mass is 381 g/mol. The van der Waals surface area contributed by atoms with Crippen molar-refractivity contribution in [1.29, 1.82) is 0 Å². The summed E-state index contributed by atoms with van der Waals surface area (Å²) in [5.41, 5.74) is -0.472. The summed E-state index contributed by atoms with van der Waals surface area (Å²) in [7, 11) is 0. The number of likely N-dealkylation sites (tertiary alicyclic amines) is 1. The summed E-state index contributed by atoms with van der Waals surface area (Å²) in [5.74, 6) is -2.24. The van der Waals surface area contributed by atoms with E-state index in [2.05, 4.69) is 31.9 Å². The quantitative estimate of drug-likeness (QED) is 0.678. The summed E-state index contributed by atoms with van der Waals surface area (Å²) >= 11 is 6.42. The zero-order valence-electron chi connectivity index (χ0n) is 9.43. The molecule has 0 spiro atoms. The lowest BCUT2D eigenvalue weighted by molar-refractivity contribution is 0.0720. The third-order valence-corrected chi connectivity index (χ3v) is 4.08. The molecule has 1 fully saturated rings. The number of hydrogen-bond acceptors (Lipinski definition) is 1. The first kappa shape index (κ1) is 13.9. The number of hydrogen-bond donors (Lipinski definition) is 0. The molecule has 0 radical (unpaired) electrons. The van der Waals surface area contributed by atoms with Crippen molar-refractivity contribution >= 4 is 37.8 Å². The van der Waals surface area contributed by atoms with Gasteiger partial charge in [0, 0.05) is 22.4 Å². The van der Waals surface area contributed by atoms with Crippen molar-refractivity contribution in [3.05, 3.63) is 33.8 Å². The van der Waals surface area contributed by atoms with Crippen molar-refractivity contribution in [3.8, 4) is 0 Å². The Morgan fingerprint density at radius 2 is 1.94 bits per heavy atom. The van der Waals surface area contributed by atoms with E-state index in [0.29, 0.717) is 13.1 Å². The Kier molecular flexibility index (Phi) is 4.37. The molecule has 0 bridgehead atoms. The maximum absolute atomic E-state index is 13.7. The van der Waals surface area contributed by atoms with Crippen LogP contribution in [0.15, 0.2) is 16.6 Å². The molecule has 1 amide bonds. The van der Waals surface area contributed by atoms with Gasteiger partial charge in [0.15, 0.2) is 0 Å². The van der Waals surface area contributed by atoms with Gasteiger partial charge in [0.1, 0.15) is 17.2 Å². The van der Waals surface area contributed by atoms with Crippen LogP contribution in [-0.4, -0.2) is 28.7 Å². The van der Waals surface area contributed by atoms with Crippen LogP contribution in [0.3, 0.4) is 0 Å². The first-order valence-corrected chi connectivity index (χ1v) is 7.28. The highest BCUT2D eigenvalue weighted by molar-refractivity contribution is 9.10. The molecule has 1 heterocycles. The van der Waals surface area contributed by atoms with Crippen LogP contribution >= 0.6 is 31.9 Å². The number of nitrogens with zero attached hydrogens (tertiary/aromatic N) is 1. The second kappa shape index (κ2) is 5.65. The molecular formula is C12H11Br2F2NO. The average molecular weight is 383 g/mol. The van der Waals surface area contributed by atoms with Gasteiger partial charge in [-0.25, -0.2) is 8.78 Å². The average Bonchev–Trinajstić information content (AvgIpc) is 2.27. The lowest BCUT2D eigenvalue weighted by Gasteiger charge is -2.30. The van der Waals surface area contributed by atoms with Gasteiger partial charge in [0.25, 0.3) is 5.91 Å². The van der Waals surface area contributed by atoms with Crippen LogP contribution in [0.25, 0.3) is 0 Å². The topological polar surface area (TPSA) is 20.3 Å². The lowest BCUT2D eigenvalue weighted by Crippen LogP contribution is -2.41. The highest BCUT2D eigenvalue weighted by Crippen LogP contribution is 2.23. The summed E-state index contributed by atoms with van der Waals surface area (Å²) in [6.45, 7) is 1.02. The fourth-order valence-corrected chi connectivity index (χ4v) is 3.09. The maximum Gasteiger partial charge on any atom is 0.259 e. The van der Waals surface area contributed by atoms with Gasteiger partial charge < -0.3 is 4.90 Å². The van der Waals surface area contributed by atoms with Crippen LogP contribution in [0.5, 0.6) is 0 Å². The van der Waals surface area contributed by atoms with Crippen molar-refractivity contribution in [1.82, 2.24) is 4.90 Å². The highest BCUT2D eigenvalue weighted by atomic mass is 79.9. The zero-order valence-corrected chi connectivity index (χ0v) is 12.6. The fraction of sp³-hybridized carbons (Fsp3) is 0.417. The minimum Gasteiger partial charge on any atom is -0.337 e. The third-order valence-electron chi connectivity index (χ3n) is 2.87. The standard InChI is InChI=1S/C12H11Br2F2NO/c13-7-2-1-3-17(6-7)12(18)11-9(15)4-8(14)5-10(11)16/h4-5,7H,1-3,6H2. The molecular weight excluding hydrogens is 372 g/mol. The minimum atomic E-state index is -0.830. The molecule has 0 aromatic heterocycles. The van der Waals surface area contributed by atoms with E-state index < -0.39 is 23.1 Å². The van der Waals surface area contributed by atoms with Gasteiger partial charge in [-0.2, -0.15) is 0 Å². The molecule has 0 aliphatic carbocycles. The Labute approximate surface area is 121 Å².